The first-order valence-electron chi connectivity index (χ1n) is 10.00. The third kappa shape index (κ3) is 2.12. The van der Waals surface area contributed by atoms with E-state index in [0.717, 1.165) is 0 Å². The van der Waals surface area contributed by atoms with Crippen molar-refractivity contribution in [3.8, 4) is 0 Å². The molecule has 0 saturated heterocycles. The highest BCUT2D eigenvalue weighted by atomic mass is 16.2. The number of rotatable bonds is 1. The minimum absolute atomic E-state index is 0.172. The molecule has 1 aliphatic carbocycles. The number of anilines is 1. The Bertz CT molecular complexity index is 1120. The van der Waals surface area contributed by atoms with Gasteiger partial charge in [-0.15, -0.1) is 0 Å². The lowest BCUT2D eigenvalue weighted by atomic mass is 9.92. The maximum Gasteiger partial charge on any atom is 0.264 e. The fourth-order valence-corrected chi connectivity index (χ4v) is 2.18. The number of aromatic nitrogens is 2. The molecule has 1 atom stereocenters. The molecule has 3 rings (SSSR count). The lowest BCUT2D eigenvalue weighted by Crippen LogP contribution is -2.36. The first-order valence-corrected chi connectivity index (χ1v) is 6.00. The van der Waals surface area contributed by atoms with Gasteiger partial charge in [0, 0.05) is 21.7 Å². The van der Waals surface area contributed by atoms with Gasteiger partial charge in [0.1, 0.15) is 11.6 Å². The van der Waals surface area contributed by atoms with Crippen molar-refractivity contribution in [1.82, 2.24) is 9.55 Å². The predicted octanol–water partition coefficient (Wildman–Crippen LogP) is 1.15. The zero-order chi connectivity index (χ0) is 22.1. The Labute approximate surface area is 131 Å². The first-order chi connectivity index (χ1) is 13.1. The standard InChI is InChI=1S/C15H15N3O3/c1-8-17-11-4-2-3-10(16)14(11)15(21)18(8)12-6-5-9(19)7-13(12)20/h2-4,12H,5-7,16H2,1H3/i1D3,3D,5D2,6D2. The Balaban J connectivity index is 2.49. The van der Waals surface area contributed by atoms with Gasteiger partial charge >= 0.3 is 0 Å². The van der Waals surface area contributed by atoms with Gasteiger partial charge in [-0.25, -0.2) is 4.98 Å². The summed E-state index contributed by atoms with van der Waals surface area (Å²) in [7, 11) is 0. The van der Waals surface area contributed by atoms with Crippen LogP contribution in [0.4, 0.5) is 5.69 Å². The van der Waals surface area contributed by atoms with E-state index in [1.54, 1.807) is 0 Å². The lowest BCUT2D eigenvalue weighted by Gasteiger charge is -2.24. The van der Waals surface area contributed by atoms with Crippen LogP contribution in [0.5, 0.6) is 0 Å². The van der Waals surface area contributed by atoms with Crippen molar-refractivity contribution < 1.29 is 20.6 Å². The molecular weight excluding hydrogens is 270 g/mol. The van der Waals surface area contributed by atoms with Crippen molar-refractivity contribution in [1.29, 1.82) is 0 Å². The number of nitrogens with zero attached hydrogens (tertiary/aromatic N) is 2. The van der Waals surface area contributed by atoms with Crippen LogP contribution in [-0.4, -0.2) is 21.1 Å². The highest BCUT2D eigenvalue weighted by Gasteiger charge is 2.30. The molecule has 0 bridgehead atoms. The molecule has 2 aromatic rings. The van der Waals surface area contributed by atoms with E-state index in [1.807, 2.05) is 0 Å². The molecule has 1 unspecified atom stereocenters. The van der Waals surface area contributed by atoms with Crippen molar-refractivity contribution in [2.75, 3.05) is 5.73 Å². The normalized spacial score (nSPS) is 30.2. The van der Waals surface area contributed by atoms with E-state index in [2.05, 4.69) is 4.98 Å². The summed E-state index contributed by atoms with van der Waals surface area (Å²) in [6.07, 6.45) is -7.42. The Morgan fingerprint density at radius 2 is 2.33 bits per heavy atom. The van der Waals surface area contributed by atoms with Gasteiger partial charge in [-0.05, 0) is 25.3 Å². The van der Waals surface area contributed by atoms with Crippen molar-refractivity contribution in [3.63, 3.8) is 0 Å². The minimum Gasteiger partial charge on any atom is -0.398 e. The van der Waals surface area contributed by atoms with Crippen molar-refractivity contribution in [2.45, 2.75) is 32.1 Å². The average Bonchev–Trinajstić information content (AvgIpc) is 2.57. The van der Waals surface area contributed by atoms with Gasteiger partial charge in [0.05, 0.1) is 24.7 Å². The molecule has 1 heterocycles. The van der Waals surface area contributed by atoms with Gasteiger partial charge in [0.15, 0.2) is 5.78 Å². The van der Waals surface area contributed by atoms with E-state index in [4.69, 9.17) is 16.7 Å². The van der Waals surface area contributed by atoms with E-state index < -0.39 is 60.4 Å². The van der Waals surface area contributed by atoms with Crippen molar-refractivity contribution >= 4 is 28.2 Å². The predicted molar refractivity (Wildman–Crippen MR) is 78.1 cm³/mol. The number of nitrogens with two attached hydrogens (primary N) is 1. The summed E-state index contributed by atoms with van der Waals surface area (Å²) < 4.78 is 62.8. The molecule has 2 N–H and O–H groups in total. The number of fused-ring (bicyclic) bond motifs is 1. The van der Waals surface area contributed by atoms with Crippen LogP contribution in [0.1, 0.15) is 42.0 Å². The molecule has 1 aliphatic rings. The maximum absolute atomic E-state index is 13.2. The van der Waals surface area contributed by atoms with Crippen LogP contribution in [0.2, 0.25) is 0 Å². The van der Waals surface area contributed by atoms with Crippen LogP contribution in [0.15, 0.2) is 23.0 Å². The van der Waals surface area contributed by atoms with Crippen molar-refractivity contribution in [3.05, 3.63) is 34.4 Å². The van der Waals surface area contributed by atoms with Gasteiger partial charge < -0.3 is 5.73 Å². The number of hydrogen-bond acceptors (Lipinski definition) is 5. The van der Waals surface area contributed by atoms with Crippen LogP contribution in [0, 0.1) is 6.85 Å². The number of carbonyl (C=O) groups excluding carboxylic acids is 2. The van der Waals surface area contributed by atoms with E-state index >= 15 is 0 Å². The topological polar surface area (TPSA) is 95.0 Å². The lowest BCUT2D eigenvalue weighted by molar-refractivity contribution is -0.132. The van der Waals surface area contributed by atoms with E-state index in [9.17, 15) is 14.4 Å². The van der Waals surface area contributed by atoms with Crippen molar-refractivity contribution in [2.24, 2.45) is 0 Å². The fraction of sp³-hybridized carbons (Fsp3) is 0.333. The highest BCUT2D eigenvalue weighted by Crippen LogP contribution is 2.24. The SMILES string of the molecule is [2H]c1ccc2nc(C([2H])([2H])[2H])n(C3C(=O)CC(=O)C([2H])([2H])C3([2H])[2H])c(=O)c2c1N. The third-order valence-electron chi connectivity index (χ3n) is 3.14. The largest absolute Gasteiger partial charge is 0.398 e. The molecule has 21 heavy (non-hydrogen) atoms. The smallest absolute Gasteiger partial charge is 0.264 e. The molecule has 0 aliphatic heterocycles. The van der Waals surface area contributed by atoms with Crippen LogP contribution in [-0.2, 0) is 9.59 Å². The van der Waals surface area contributed by atoms with Gasteiger partial charge in [-0.3, -0.25) is 19.0 Å². The second kappa shape index (κ2) is 4.80. The van der Waals surface area contributed by atoms with E-state index in [1.165, 1.54) is 12.1 Å². The quantitative estimate of drug-likeness (QED) is 0.628. The molecule has 6 nitrogen and oxygen atoms in total. The van der Waals surface area contributed by atoms with Crippen LogP contribution in [0.3, 0.4) is 0 Å². The molecule has 108 valence electrons. The highest BCUT2D eigenvalue weighted by molar-refractivity contribution is 6.03. The molecule has 0 radical (unpaired) electrons. The van der Waals surface area contributed by atoms with Gasteiger partial charge in [0.2, 0.25) is 0 Å². The second-order valence-electron chi connectivity index (χ2n) is 4.50. The zero-order valence-corrected chi connectivity index (χ0v) is 10.6. The van der Waals surface area contributed by atoms with Crippen LogP contribution in [0.25, 0.3) is 10.9 Å². The van der Waals surface area contributed by atoms with Gasteiger partial charge in [-0.2, -0.15) is 0 Å². The second-order valence-corrected chi connectivity index (χ2v) is 4.50. The Morgan fingerprint density at radius 3 is 3.10 bits per heavy atom. The monoisotopic (exact) mass is 293 g/mol. The van der Waals surface area contributed by atoms with Crippen LogP contribution < -0.4 is 11.3 Å². The number of ketones is 2. The number of Topliss-reactive ketones (excluding diaryl/α,β-unsaturated/α-hetero) is 2. The van der Waals surface area contributed by atoms with Gasteiger partial charge in [0.25, 0.3) is 5.56 Å². The molecule has 1 fully saturated rings. The Hall–Kier alpha value is -2.50. The number of nitrogen functional groups attached to an aromatic ring is 1. The molecule has 1 aromatic heterocycles. The van der Waals surface area contributed by atoms with Gasteiger partial charge in [-0.1, -0.05) is 6.07 Å². The number of hydrogen-bond donors (Lipinski definition) is 1. The molecule has 1 saturated carbocycles. The summed E-state index contributed by atoms with van der Waals surface area (Å²) in [4.78, 5) is 41.5. The van der Waals surface area contributed by atoms with E-state index in [0.29, 0.717) is 0 Å². The zero-order valence-electron chi connectivity index (χ0n) is 18.6. The summed E-state index contributed by atoms with van der Waals surface area (Å²) in [6, 6.07) is -0.147. The summed E-state index contributed by atoms with van der Waals surface area (Å²) in [5.74, 6) is -3.42. The molecular formula is C15H15N3O3. The fourth-order valence-electron chi connectivity index (χ4n) is 2.18. The number of carbonyl (C=O) groups is 2. The summed E-state index contributed by atoms with van der Waals surface area (Å²) in [5, 5.41) is -0.397. The summed E-state index contributed by atoms with van der Waals surface area (Å²) in [5.41, 5.74) is 4.03. The Kier molecular flexibility index (Phi) is 1.59. The van der Waals surface area contributed by atoms with E-state index in [-0.39, 0.29) is 21.8 Å². The molecule has 1 aromatic carbocycles. The maximum atomic E-state index is 13.2. The number of benzene rings is 1. The average molecular weight is 293 g/mol. The van der Waals surface area contributed by atoms with Crippen LogP contribution >= 0.6 is 0 Å². The number of aryl methyl sites for hydroxylation is 1. The first kappa shape index (κ1) is 6.98. The molecule has 0 amide bonds. The summed E-state index contributed by atoms with van der Waals surface area (Å²) >= 11 is 0. The Morgan fingerprint density at radius 1 is 1.52 bits per heavy atom. The minimum atomic E-state index is -3.24. The summed E-state index contributed by atoms with van der Waals surface area (Å²) in [6.45, 7) is -3.08. The molecule has 0 spiro atoms. The third-order valence-corrected chi connectivity index (χ3v) is 3.14. The molecule has 6 heteroatoms.